The van der Waals surface area contributed by atoms with Gasteiger partial charge in [0.1, 0.15) is 11.5 Å². The van der Waals surface area contributed by atoms with Gasteiger partial charge in [0.05, 0.1) is 6.26 Å². The number of aromatic amines is 1. The monoisotopic (exact) mass is 380 g/mol. The number of carbonyl (C=O) groups excluding carboxylic acids is 1. The molecule has 0 radical (unpaired) electrons. The number of furan rings is 1. The van der Waals surface area contributed by atoms with Crippen molar-refractivity contribution in [3.63, 3.8) is 0 Å². The molecule has 146 valence electrons. The fourth-order valence-corrected chi connectivity index (χ4v) is 3.27. The molecule has 1 aliphatic rings. The number of aromatic nitrogens is 3. The van der Waals surface area contributed by atoms with Crippen molar-refractivity contribution in [2.75, 3.05) is 37.6 Å². The fourth-order valence-electron chi connectivity index (χ4n) is 3.27. The van der Waals surface area contributed by atoms with Gasteiger partial charge in [-0.3, -0.25) is 9.89 Å². The zero-order valence-corrected chi connectivity index (χ0v) is 15.9. The summed E-state index contributed by atoms with van der Waals surface area (Å²) in [6.45, 7) is 7.82. The van der Waals surface area contributed by atoms with Gasteiger partial charge in [-0.2, -0.15) is 5.10 Å². The van der Waals surface area contributed by atoms with Crippen molar-refractivity contribution in [2.45, 2.75) is 13.5 Å². The highest BCUT2D eigenvalue weighted by Gasteiger charge is 2.17. The number of hydrogen-bond donors (Lipinski definition) is 2. The summed E-state index contributed by atoms with van der Waals surface area (Å²) in [5.41, 5.74) is 1.94. The van der Waals surface area contributed by atoms with Crippen LogP contribution in [0.15, 0.2) is 47.2 Å². The molecule has 0 bridgehead atoms. The molecule has 0 aromatic carbocycles. The van der Waals surface area contributed by atoms with E-state index < -0.39 is 0 Å². The van der Waals surface area contributed by atoms with Crippen molar-refractivity contribution in [3.05, 3.63) is 54.0 Å². The van der Waals surface area contributed by atoms with Crippen LogP contribution < -0.4 is 10.2 Å². The van der Waals surface area contributed by atoms with Crippen LogP contribution in [0.2, 0.25) is 0 Å². The summed E-state index contributed by atoms with van der Waals surface area (Å²) in [6.07, 6.45) is 3.40. The highest BCUT2D eigenvalue weighted by Crippen LogP contribution is 2.18. The lowest BCUT2D eigenvalue weighted by atomic mass is 10.2. The highest BCUT2D eigenvalue weighted by atomic mass is 16.3. The number of nitrogens with one attached hydrogen (secondary N) is 2. The number of anilines is 1. The van der Waals surface area contributed by atoms with Crippen molar-refractivity contribution < 1.29 is 9.21 Å². The third-order valence-corrected chi connectivity index (χ3v) is 5.00. The third kappa shape index (κ3) is 4.07. The molecule has 2 N–H and O–H groups in total. The summed E-state index contributed by atoms with van der Waals surface area (Å²) in [7, 11) is 0. The van der Waals surface area contributed by atoms with E-state index in [1.807, 2.05) is 24.4 Å². The normalized spacial score (nSPS) is 15.0. The van der Waals surface area contributed by atoms with E-state index >= 15 is 0 Å². The Morgan fingerprint density at radius 2 is 2.11 bits per heavy atom. The quantitative estimate of drug-likeness (QED) is 0.681. The Labute approximate surface area is 163 Å². The van der Waals surface area contributed by atoms with Gasteiger partial charge in [-0.05, 0) is 30.3 Å². The molecule has 0 unspecified atom stereocenters. The zero-order valence-electron chi connectivity index (χ0n) is 15.9. The lowest BCUT2D eigenvalue weighted by molar-refractivity contribution is 0.0946. The molecule has 8 heteroatoms. The van der Waals surface area contributed by atoms with Crippen LogP contribution in [0.4, 0.5) is 5.82 Å². The molecule has 0 aliphatic carbocycles. The lowest BCUT2D eigenvalue weighted by Crippen LogP contribution is -2.46. The van der Waals surface area contributed by atoms with Crippen molar-refractivity contribution >= 4 is 11.7 Å². The van der Waals surface area contributed by atoms with Crippen LogP contribution in [0.1, 0.15) is 23.0 Å². The second-order valence-electron chi connectivity index (χ2n) is 6.77. The maximum absolute atomic E-state index is 12.3. The number of nitrogens with zero attached hydrogens (tertiary/aromatic N) is 4. The minimum Gasteiger partial charge on any atom is -0.463 e. The number of likely N-dealkylation sites (N-methyl/N-ethyl adjacent to an activating group) is 1. The average molecular weight is 380 g/mol. The van der Waals surface area contributed by atoms with E-state index in [0.29, 0.717) is 23.7 Å². The molecule has 1 aliphatic heterocycles. The number of piperazine rings is 1. The standard InChI is InChI=1S/C20H24N6O2/c1-2-25-7-9-26(10-8-25)19-6-5-15(13-21-19)14-22-20(27)17-12-16(23-24-17)18-4-3-11-28-18/h3-6,11-13H,2,7-10,14H2,1H3,(H,22,27)(H,23,24). The minimum atomic E-state index is -0.242. The largest absolute Gasteiger partial charge is 0.463 e. The second kappa shape index (κ2) is 8.26. The van der Waals surface area contributed by atoms with E-state index in [1.165, 1.54) is 0 Å². The van der Waals surface area contributed by atoms with Gasteiger partial charge < -0.3 is 19.5 Å². The Morgan fingerprint density at radius 1 is 1.25 bits per heavy atom. The van der Waals surface area contributed by atoms with E-state index in [9.17, 15) is 4.79 Å². The Morgan fingerprint density at radius 3 is 2.79 bits per heavy atom. The molecule has 3 aromatic rings. The number of rotatable bonds is 6. The Balaban J connectivity index is 1.31. The van der Waals surface area contributed by atoms with Gasteiger partial charge in [-0.15, -0.1) is 0 Å². The van der Waals surface area contributed by atoms with E-state index in [-0.39, 0.29) is 5.91 Å². The molecule has 4 rings (SSSR count). The molecule has 1 fully saturated rings. The van der Waals surface area contributed by atoms with Crippen molar-refractivity contribution in [2.24, 2.45) is 0 Å². The molecular weight excluding hydrogens is 356 g/mol. The summed E-state index contributed by atoms with van der Waals surface area (Å²) in [4.78, 5) is 21.6. The van der Waals surface area contributed by atoms with E-state index in [4.69, 9.17) is 4.42 Å². The third-order valence-electron chi connectivity index (χ3n) is 5.00. The van der Waals surface area contributed by atoms with Crippen LogP contribution >= 0.6 is 0 Å². The molecule has 28 heavy (non-hydrogen) atoms. The van der Waals surface area contributed by atoms with Crippen LogP contribution in [0.25, 0.3) is 11.5 Å². The first-order valence-electron chi connectivity index (χ1n) is 9.52. The summed E-state index contributed by atoms with van der Waals surface area (Å²) >= 11 is 0. The molecule has 0 saturated carbocycles. The SMILES string of the molecule is CCN1CCN(c2ccc(CNC(=O)c3cc(-c4ccco4)[nH]n3)cn2)CC1. The molecule has 3 aromatic heterocycles. The topological polar surface area (TPSA) is 90.3 Å². The maximum atomic E-state index is 12.3. The second-order valence-corrected chi connectivity index (χ2v) is 6.77. The Kier molecular flexibility index (Phi) is 5.38. The predicted octanol–water partition coefficient (Wildman–Crippen LogP) is 2.14. The van der Waals surface area contributed by atoms with Gasteiger partial charge >= 0.3 is 0 Å². The molecule has 1 amide bonds. The number of H-pyrrole nitrogens is 1. The molecular formula is C20H24N6O2. The van der Waals surface area contributed by atoms with E-state index in [0.717, 1.165) is 44.1 Å². The van der Waals surface area contributed by atoms with E-state index in [2.05, 4.69) is 37.2 Å². The maximum Gasteiger partial charge on any atom is 0.272 e. The van der Waals surface area contributed by atoms with Crippen LogP contribution in [0.3, 0.4) is 0 Å². The summed E-state index contributed by atoms with van der Waals surface area (Å²) < 4.78 is 5.30. The van der Waals surface area contributed by atoms with Crippen LogP contribution in [0.5, 0.6) is 0 Å². The molecule has 1 saturated heterocycles. The number of pyridine rings is 1. The van der Waals surface area contributed by atoms with Gasteiger partial charge in [0.15, 0.2) is 11.5 Å². The predicted molar refractivity (Wildman–Crippen MR) is 106 cm³/mol. The summed E-state index contributed by atoms with van der Waals surface area (Å²) in [5, 5.41) is 9.74. The van der Waals surface area contributed by atoms with Crippen LogP contribution in [-0.4, -0.2) is 58.7 Å². The van der Waals surface area contributed by atoms with Crippen molar-refractivity contribution in [3.8, 4) is 11.5 Å². The fraction of sp³-hybridized carbons (Fsp3) is 0.350. The molecule has 0 spiro atoms. The first kappa shape index (κ1) is 18.2. The molecule has 0 atom stereocenters. The van der Waals surface area contributed by atoms with Crippen molar-refractivity contribution in [1.29, 1.82) is 0 Å². The first-order valence-corrected chi connectivity index (χ1v) is 9.52. The van der Waals surface area contributed by atoms with Gasteiger partial charge in [0.25, 0.3) is 5.91 Å². The zero-order chi connectivity index (χ0) is 19.3. The Bertz CT molecular complexity index is 895. The molecule has 4 heterocycles. The summed E-state index contributed by atoms with van der Waals surface area (Å²) in [6, 6.07) is 9.30. The molecule has 8 nitrogen and oxygen atoms in total. The average Bonchev–Trinajstić information content (AvgIpc) is 3.44. The minimum absolute atomic E-state index is 0.242. The van der Waals surface area contributed by atoms with Gasteiger partial charge in [-0.25, -0.2) is 4.98 Å². The summed E-state index contributed by atoms with van der Waals surface area (Å²) in [5.74, 6) is 1.39. The Hall–Kier alpha value is -3.13. The number of amides is 1. The van der Waals surface area contributed by atoms with Crippen molar-refractivity contribution in [1.82, 2.24) is 25.4 Å². The first-order chi connectivity index (χ1) is 13.7. The highest BCUT2D eigenvalue weighted by molar-refractivity contribution is 5.93. The smallest absolute Gasteiger partial charge is 0.272 e. The van der Waals surface area contributed by atoms with Crippen LogP contribution in [-0.2, 0) is 6.54 Å². The number of carbonyl (C=O) groups is 1. The van der Waals surface area contributed by atoms with Crippen LogP contribution in [0, 0.1) is 0 Å². The van der Waals surface area contributed by atoms with Gasteiger partial charge in [-0.1, -0.05) is 13.0 Å². The van der Waals surface area contributed by atoms with Gasteiger partial charge in [0, 0.05) is 45.0 Å². The lowest BCUT2D eigenvalue weighted by Gasteiger charge is -2.34. The number of hydrogen-bond acceptors (Lipinski definition) is 6. The van der Waals surface area contributed by atoms with E-state index in [1.54, 1.807) is 18.4 Å². The van der Waals surface area contributed by atoms with Gasteiger partial charge in [0.2, 0.25) is 0 Å².